The van der Waals surface area contributed by atoms with Crippen molar-refractivity contribution in [2.75, 3.05) is 51.9 Å². The van der Waals surface area contributed by atoms with Crippen molar-refractivity contribution in [1.29, 1.82) is 0 Å². The van der Waals surface area contributed by atoms with Crippen molar-refractivity contribution >= 4 is 23.7 Å². The monoisotopic (exact) mass is 434 g/mol. The Morgan fingerprint density at radius 2 is 2.03 bits per heavy atom. The van der Waals surface area contributed by atoms with Crippen LogP contribution in [0.25, 0.3) is 0 Å². The van der Waals surface area contributed by atoms with E-state index in [-0.39, 0.29) is 11.9 Å². The lowest BCUT2D eigenvalue weighted by atomic mass is 9.85. The lowest BCUT2D eigenvalue weighted by Gasteiger charge is -2.44. The number of amides is 3. The third-order valence-corrected chi connectivity index (χ3v) is 7.18. The first-order chi connectivity index (χ1) is 14.5. The SMILES string of the molecule is COCCN1C(=O)N(CCCc2cccnc2)C(=O)C12CCN(C(C)CSC)CC2. The number of carbonyl (C=O) groups excluding carboxylic acids is 2. The summed E-state index contributed by atoms with van der Waals surface area (Å²) in [6, 6.07) is 4.26. The van der Waals surface area contributed by atoms with Gasteiger partial charge in [-0.1, -0.05) is 6.07 Å². The van der Waals surface area contributed by atoms with Gasteiger partial charge in [0.2, 0.25) is 0 Å². The van der Waals surface area contributed by atoms with Crippen LogP contribution in [0.4, 0.5) is 4.79 Å². The molecule has 1 aromatic rings. The third kappa shape index (κ3) is 4.81. The Bertz CT molecular complexity index is 710. The van der Waals surface area contributed by atoms with Crippen LogP contribution in [0.15, 0.2) is 24.5 Å². The lowest BCUT2D eigenvalue weighted by Crippen LogP contribution is -2.58. The van der Waals surface area contributed by atoms with E-state index in [1.165, 1.54) is 4.90 Å². The molecule has 7 nitrogen and oxygen atoms in total. The van der Waals surface area contributed by atoms with Gasteiger partial charge in [0.05, 0.1) is 6.61 Å². The van der Waals surface area contributed by atoms with E-state index < -0.39 is 5.54 Å². The molecule has 2 fully saturated rings. The molecule has 0 aliphatic carbocycles. The number of hydrogen-bond acceptors (Lipinski definition) is 6. The topological polar surface area (TPSA) is 66.0 Å². The van der Waals surface area contributed by atoms with E-state index in [4.69, 9.17) is 4.74 Å². The maximum atomic E-state index is 13.5. The Morgan fingerprint density at radius 3 is 2.67 bits per heavy atom. The number of likely N-dealkylation sites (tertiary alicyclic amines) is 1. The van der Waals surface area contributed by atoms with Crippen LogP contribution >= 0.6 is 11.8 Å². The quantitative estimate of drug-likeness (QED) is 0.527. The average Bonchev–Trinajstić information content (AvgIpc) is 2.95. The van der Waals surface area contributed by atoms with Gasteiger partial charge in [-0.25, -0.2) is 4.79 Å². The van der Waals surface area contributed by atoms with E-state index in [0.29, 0.717) is 38.6 Å². The summed E-state index contributed by atoms with van der Waals surface area (Å²) < 4.78 is 5.24. The Labute approximate surface area is 184 Å². The predicted molar refractivity (Wildman–Crippen MR) is 120 cm³/mol. The molecule has 1 spiro atoms. The molecule has 3 rings (SSSR count). The van der Waals surface area contributed by atoms with Crippen molar-refractivity contribution in [3.05, 3.63) is 30.1 Å². The van der Waals surface area contributed by atoms with Gasteiger partial charge in [0.15, 0.2) is 0 Å². The molecular weight excluding hydrogens is 400 g/mol. The van der Waals surface area contributed by atoms with Crippen LogP contribution in [0.3, 0.4) is 0 Å². The molecule has 3 amide bonds. The molecule has 8 heteroatoms. The number of carbonyl (C=O) groups is 2. The fourth-order valence-corrected chi connectivity index (χ4v) is 5.32. The summed E-state index contributed by atoms with van der Waals surface area (Å²) in [5, 5.41) is 0. The smallest absolute Gasteiger partial charge is 0.327 e. The molecule has 2 saturated heterocycles. The minimum absolute atomic E-state index is 0.0213. The Balaban J connectivity index is 1.68. The molecule has 3 heterocycles. The largest absolute Gasteiger partial charge is 0.383 e. The highest BCUT2D eigenvalue weighted by molar-refractivity contribution is 7.98. The number of pyridine rings is 1. The lowest BCUT2D eigenvalue weighted by molar-refractivity contribution is -0.136. The number of piperidine rings is 1. The van der Waals surface area contributed by atoms with Gasteiger partial charge in [-0.05, 0) is 50.5 Å². The van der Waals surface area contributed by atoms with Crippen molar-refractivity contribution in [3.63, 3.8) is 0 Å². The zero-order valence-electron chi connectivity index (χ0n) is 18.4. The number of aromatic nitrogens is 1. The summed E-state index contributed by atoms with van der Waals surface area (Å²) in [5.74, 6) is 1.06. The summed E-state index contributed by atoms with van der Waals surface area (Å²) in [4.78, 5) is 36.6. The number of aryl methyl sites for hydroxylation is 1. The number of imide groups is 1. The van der Waals surface area contributed by atoms with E-state index in [0.717, 1.165) is 37.2 Å². The molecule has 2 aliphatic rings. The zero-order valence-corrected chi connectivity index (χ0v) is 19.2. The average molecular weight is 435 g/mol. The van der Waals surface area contributed by atoms with Crippen LogP contribution < -0.4 is 0 Å². The van der Waals surface area contributed by atoms with Gasteiger partial charge in [0.1, 0.15) is 5.54 Å². The summed E-state index contributed by atoms with van der Waals surface area (Å²) >= 11 is 1.84. The van der Waals surface area contributed by atoms with Crippen molar-refractivity contribution in [1.82, 2.24) is 19.7 Å². The van der Waals surface area contributed by atoms with Crippen LogP contribution in [-0.4, -0.2) is 95.1 Å². The van der Waals surface area contributed by atoms with E-state index in [1.807, 2.05) is 30.1 Å². The second-order valence-electron chi connectivity index (χ2n) is 8.22. The van der Waals surface area contributed by atoms with Crippen LogP contribution in [0.1, 0.15) is 31.7 Å². The molecule has 0 aromatic carbocycles. The van der Waals surface area contributed by atoms with Gasteiger partial charge in [-0.2, -0.15) is 11.8 Å². The normalized spacial score (nSPS) is 20.4. The van der Waals surface area contributed by atoms with Gasteiger partial charge in [0, 0.05) is 57.5 Å². The molecule has 1 aromatic heterocycles. The van der Waals surface area contributed by atoms with Crippen LogP contribution in [0.2, 0.25) is 0 Å². The maximum Gasteiger partial charge on any atom is 0.327 e. The molecule has 166 valence electrons. The van der Waals surface area contributed by atoms with Gasteiger partial charge < -0.3 is 9.64 Å². The predicted octanol–water partition coefficient (Wildman–Crippen LogP) is 2.51. The van der Waals surface area contributed by atoms with Crippen LogP contribution in [-0.2, 0) is 16.0 Å². The van der Waals surface area contributed by atoms with Crippen LogP contribution in [0, 0.1) is 0 Å². The molecule has 1 atom stereocenters. The van der Waals surface area contributed by atoms with Crippen molar-refractivity contribution in [2.24, 2.45) is 0 Å². The minimum atomic E-state index is -0.709. The third-order valence-electron chi connectivity index (χ3n) is 6.37. The molecule has 30 heavy (non-hydrogen) atoms. The second-order valence-corrected chi connectivity index (χ2v) is 9.13. The number of thioether (sulfide) groups is 1. The van der Waals surface area contributed by atoms with Crippen molar-refractivity contribution < 1.29 is 14.3 Å². The maximum absolute atomic E-state index is 13.5. The summed E-state index contributed by atoms with van der Waals surface area (Å²) in [6.07, 6.45) is 8.64. The first-order valence-corrected chi connectivity index (χ1v) is 12.2. The Hall–Kier alpha value is -1.64. The number of nitrogens with zero attached hydrogens (tertiary/aromatic N) is 4. The van der Waals surface area contributed by atoms with Gasteiger partial charge in [-0.3, -0.25) is 19.6 Å². The van der Waals surface area contributed by atoms with Crippen LogP contribution in [0.5, 0.6) is 0 Å². The highest BCUT2D eigenvalue weighted by Crippen LogP contribution is 2.38. The van der Waals surface area contributed by atoms with E-state index >= 15 is 0 Å². The highest BCUT2D eigenvalue weighted by atomic mass is 32.2. The van der Waals surface area contributed by atoms with Gasteiger partial charge >= 0.3 is 6.03 Å². The van der Waals surface area contributed by atoms with Gasteiger partial charge in [0.25, 0.3) is 5.91 Å². The fraction of sp³-hybridized carbons (Fsp3) is 0.682. The minimum Gasteiger partial charge on any atom is -0.383 e. The summed E-state index contributed by atoms with van der Waals surface area (Å²) in [6.45, 7) is 5.27. The fourth-order valence-electron chi connectivity index (χ4n) is 4.62. The first-order valence-electron chi connectivity index (χ1n) is 10.8. The van der Waals surface area contributed by atoms with E-state index in [1.54, 1.807) is 18.2 Å². The number of rotatable bonds is 10. The molecule has 2 aliphatic heterocycles. The summed E-state index contributed by atoms with van der Waals surface area (Å²) in [7, 11) is 1.63. The molecule has 0 radical (unpaired) electrons. The number of urea groups is 1. The van der Waals surface area contributed by atoms with E-state index in [9.17, 15) is 9.59 Å². The summed E-state index contributed by atoms with van der Waals surface area (Å²) in [5.41, 5.74) is 0.415. The van der Waals surface area contributed by atoms with Gasteiger partial charge in [-0.15, -0.1) is 0 Å². The second kappa shape index (κ2) is 10.6. The van der Waals surface area contributed by atoms with Crippen molar-refractivity contribution in [3.8, 4) is 0 Å². The molecule has 0 saturated carbocycles. The molecule has 0 bridgehead atoms. The Kier molecular flexibility index (Phi) is 8.13. The number of methoxy groups -OCH3 is 1. The number of ether oxygens (including phenoxy) is 1. The van der Waals surface area contributed by atoms with Crippen molar-refractivity contribution in [2.45, 2.75) is 44.2 Å². The molecule has 0 N–H and O–H groups in total. The first kappa shape index (κ1) is 23.0. The standard InChI is InChI=1S/C22H34N4O3S/c1-18(17-30-3)24-12-8-22(9-13-24)20(27)25(21(28)26(22)14-15-29-2)11-5-7-19-6-4-10-23-16-19/h4,6,10,16,18H,5,7-9,11-15,17H2,1-3H3. The zero-order chi connectivity index (χ0) is 21.6. The van der Waals surface area contributed by atoms with E-state index in [2.05, 4.69) is 23.1 Å². The molecule has 1 unspecified atom stereocenters. The molecular formula is C22H34N4O3S. The highest BCUT2D eigenvalue weighted by Gasteiger charge is 2.57. The Morgan fingerprint density at radius 1 is 1.27 bits per heavy atom. The number of hydrogen-bond donors (Lipinski definition) is 0.